The van der Waals surface area contributed by atoms with Crippen molar-refractivity contribution in [3.63, 3.8) is 0 Å². The van der Waals surface area contributed by atoms with Gasteiger partial charge in [0.1, 0.15) is 0 Å². The Hall–Kier alpha value is -1.28. The minimum atomic E-state index is 0.208. The number of nitrogens with two attached hydrogens (primary N) is 1. The lowest BCUT2D eigenvalue weighted by atomic mass is 9.77. The molecule has 1 aromatic carbocycles. The number of aryl methyl sites for hydroxylation is 2. The Morgan fingerprint density at radius 1 is 1.39 bits per heavy atom. The van der Waals surface area contributed by atoms with Crippen molar-refractivity contribution in [2.75, 3.05) is 0 Å². The summed E-state index contributed by atoms with van der Waals surface area (Å²) >= 11 is 0. The fraction of sp³-hybridized carbons (Fsp3) is 0.500. The maximum Gasteiger partial charge on any atom is 0.0459 e. The lowest BCUT2D eigenvalue weighted by molar-refractivity contribution is 0.265. The molecule has 2 heteroatoms. The molecule has 2 aromatic rings. The summed E-state index contributed by atoms with van der Waals surface area (Å²) in [6, 6.07) is 6.92. The van der Waals surface area contributed by atoms with Crippen LogP contribution in [-0.4, -0.2) is 4.98 Å². The van der Waals surface area contributed by atoms with E-state index in [1.165, 1.54) is 47.0 Å². The minimum absolute atomic E-state index is 0.208. The molecule has 0 radical (unpaired) electrons. The van der Waals surface area contributed by atoms with Crippen molar-refractivity contribution in [1.82, 2.24) is 4.98 Å². The highest BCUT2D eigenvalue weighted by Gasteiger charge is 2.28. The van der Waals surface area contributed by atoms with Crippen molar-refractivity contribution in [2.24, 2.45) is 11.7 Å². The Balaban J connectivity index is 2.10. The summed E-state index contributed by atoms with van der Waals surface area (Å²) < 4.78 is 0. The number of hydrogen-bond acceptors (Lipinski definition) is 1. The van der Waals surface area contributed by atoms with E-state index >= 15 is 0 Å². The second-order valence-electron chi connectivity index (χ2n) is 5.61. The standard InChI is InChI=1S/C16H22N2/c1-3-11-7-8-14-13(9-11)15(10(2)18-14)16(17)12-5-4-6-12/h7-9,12,16,18H,3-6,17H2,1-2H3. The molecular formula is C16H22N2. The van der Waals surface area contributed by atoms with Gasteiger partial charge in [0.25, 0.3) is 0 Å². The zero-order valence-corrected chi connectivity index (χ0v) is 11.3. The summed E-state index contributed by atoms with van der Waals surface area (Å²) in [5.74, 6) is 0.688. The number of aromatic nitrogens is 1. The number of nitrogens with one attached hydrogen (secondary N) is 1. The molecule has 0 bridgehead atoms. The first kappa shape index (κ1) is 11.8. The van der Waals surface area contributed by atoms with Crippen LogP contribution < -0.4 is 5.73 Å². The third kappa shape index (κ3) is 1.76. The highest BCUT2D eigenvalue weighted by molar-refractivity contribution is 5.85. The minimum Gasteiger partial charge on any atom is -0.358 e. The zero-order valence-electron chi connectivity index (χ0n) is 11.3. The number of rotatable bonds is 3. The van der Waals surface area contributed by atoms with Crippen LogP contribution in [0.5, 0.6) is 0 Å². The zero-order chi connectivity index (χ0) is 12.7. The molecule has 1 aromatic heterocycles. The molecular weight excluding hydrogens is 220 g/mol. The van der Waals surface area contributed by atoms with Crippen LogP contribution in [0.15, 0.2) is 18.2 Å². The quantitative estimate of drug-likeness (QED) is 0.843. The monoisotopic (exact) mass is 242 g/mol. The summed E-state index contributed by atoms with van der Waals surface area (Å²) in [6.07, 6.45) is 5.01. The van der Waals surface area contributed by atoms with Crippen LogP contribution >= 0.6 is 0 Å². The van der Waals surface area contributed by atoms with E-state index in [0.29, 0.717) is 5.92 Å². The fourth-order valence-electron chi connectivity index (χ4n) is 3.08. The first-order chi connectivity index (χ1) is 8.70. The maximum absolute atomic E-state index is 6.48. The summed E-state index contributed by atoms with van der Waals surface area (Å²) in [4.78, 5) is 3.48. The maximum atomic E-state index is 6.48. The van der Waals surface area contributed by atoms with Crippen molar-refractivity contribution >= 4 is 10.9 Å². The second kappa shape index (κ2) is 4.43. The van der Waals surface area contributed by atoms with E-state index in [1.54, 1.807) is 0 Å². The number of hydrogen-bond donors (Lipinski definition) is 2. The fourth-order valence-corrected chi connectivity index (χ4v) is 3.08. The summed E-state index contributed by atoms with van der Waals surface area (Å²) in [7, 11) is 0. The molecule has 1 saturated carbocycles. The van der Waals surface area contributed by atoms with Crippen molar-refractivity contribution in [3.05, 3.63) is 35.0 Å². The molecule has 1 aliphatic rings. The smallest absolute Gasteiger partial charge is 0.0459 e. The van der Waals surface area contributed by atoms with Crippen LogP contribution in [0.4, 0.5) is 0 Å². The van der Waals surface area contributed by atoms with E-state index in [0.717, 1.165) is 6.42 Å². The number of aromatic amines is 1. The van der Waals surface area contributed by atoms with E-state index in [9.17, 15) is 0 Å². The molecule has 1 fully saturated rings. The van der Waals surface area contributed by atoms with Gasteiger partial charge in [-0.25, -0.2) is 0 Å². The largest absolute Gasteiger partial charge is 0.358 e. The number of fused-ring (bicyclic) bond motifs is 1. The molecule has 1 heterocycles. The van der Waals surface area contributed by atoms with Crippen molar-refractivity contribution in [2.45, 2.75) is 45.6 Å². The molecule has 2 nitrogen and oxygen atoms in total. The SMILES string of the molecule is CCc1ccc2[nH]c(C)c(C(N)C3CCC3)c2c1. The molecule has 1 unspecified atom stereocenters. The molecule has 96 valence electrons. The van der Waals surface area contributed by atoms with Gasteiger partial charge in [-0.1, -0.05) is 19.4 Å². The average Bonchev–Trinajstić information content (AvgIpc) is 2.61. The van der Waals surface area contributed by atoms with Gasteiger partial charge in [-0.3, -0.25) is 0 Å². The van der Waals surface area contributed by atoms with E-state index in [2.05, 4.69) is 37.0 Å². The van der Waals surface area contributed by atoms with Gasteiger partial charge >= 0.3 is 0 Å². The molecule has 1 aliphatic carbocycles. The van der Waals surface area contributed by atoms with Crippen LogP contribution in [0.25, 0.3) is 10.9 Å². The summed E-state index contributed by atoms with van der Waals surface area (Å²) in [5.41, 5.74) is 11.7. The number of benzene rings is 1. The van der Waals surface area contributed by atoms with Gasteiger partial charge in [0.05, 0.1) is 0 Å². The van der Waals surface area contributed by atoms with Gasteiger partial charge in [-0.15, -0.1) is 0 Å². The van der Waals surface area contributed by atoms with Gasteiger partial charge in [0.2, 0.25) is 0 Å². The Kier molecular flexibility index (Phi) is 2.90. The lowest BCUT2D eigenvalue weighted by Gasteiger charge is -2.31. The van der Waals surface area contributed by atoms with Crippen LogP contribution in [0.1, 0.15) is 49.0 Å². The van der Waals surface area contributed by atoms with Crippen LogP contribution in [-0.2, 0) is 6.42 Å². The highest BCUT2D eigenvalue weighted by Crippen LogP contribution is 2.40. The highest BCUT2D eigenvalue weighted by atomic mass is 14.8. The Bertz CT molecular complexity index is 564. The van der Waals surface area contributed by atoms with Crippen LogP contribution in [0.2, 0.25) is 0 Å². The van der Waals surface area contributed by atoms with Gasteiger partial charge in [0.15, 0.2) is 0 Å². The van der Waals surface area contributed by atoms with Gasteiger partial charge in [-0.05, 0) is 55.4 Å². The average molecular weight is 242 g/mol. The van der Waals surface area contributed by atoms with Gasteiger partial charge in [0, 0.05) is 22.6 Å². The van der Waals surface area contributed by atoms with Crippen molar-refractivity contribution < 1.29 is 0 Å². The predicted octanol–water partition coefficient (Wildman–Crippen LogP) is 3.84. The summed E-state index contributed by atoms with van der Waals surface area (Å²) in [6.45, 7) is 4.35. The molecule has 3 rings (SSSR count). The van der Waals surface area contributed by atoms with Gasteiger partial charge < -0.3 is 10.7 Å². The lowest BCUT2D eigenvalue weighted by Crippen LogP contribution is -2.27. The molecule has 0 saturated heterocycles. The molecule has 1 atom stereocenters. The summed E-state index contributed by atoms with van der Waals surface area (Å²) in [5, 5.41) is 1.34. The van der Waals surface area contributed by atoms with E-state index in [4.69, 9.17) is 5.73 Å². The van der Waals surface area contributed by atoms with Crippen LogP contribution in [0.3, 0.4) is 0 Å². The predicted molar refractivity (Wildman–Crippen MR) is 76.7 cm³/mol. The molecule has 0 spiro atoms. The number of H-pyrrole nitrogens is 1. The first-order valence-corrected chi connectivity index (χ1v) is 7.07. The Morgan fingerprint density at radius 2 is 2.17 bits per heavy atom. The second-order valence-corrected chi connectivity index (χ2v) is 5.61. The van der Waals surface area contributed by atoms with Crippen molar-refractivity contribution in [3.8, 4) is 0 Å². The van der Waals surface area contributed by atoms with Crippen LogP contribution in [0, 0.1) is 12.8 Å². The Labute approximate surface area is 109 Å². The molecule has 0 aliphatic heterocycles. The first-order valence-electron chi connectivity index (χ1n) is 7.07. The molecule has 18 heavy (non-hydrogen) atoms. The topological polar surface area (TPSA) is 41.8 Å². The van der Waals surface area contributed by atoms with E-state index < -0.39 is 0 Å². The Morgan fingerprint density at radius 3 is 2.78 bits per heavy atom. The third-order valence-electron chi connectivity index (χ3n) is 4.50. The molecule has 3 N–H and O–H groups in total. The normalized spacial score (nSPS) is 17.9. The van der Waals surface area contributed by atoms with E-state index in [-0.39, 0.29) is 6.04 Å². The van der Waals surface area contributed by atoms with Gasteiger partial charge in [-0.2, -0.15) is 0 Å². The third-order valence-corrected chi connectivity index (χ3v) is 4.50. The van der Waals surface area contributed by atoms with E-state index in [1.807, 2.05) is 0 Å². The molecule has 0 amide bonds. The van der Waals surface area contributed by atoms with Crippen molar-refractivity contribution in [1.29, 1.82) is 0 Å².